The Morgan fingerprint density at radius 3 is 2.57 bits per heavy atom. The highest BCUT2D eigenvalue weighted by molar-refractivity contribution is 7.90. The molecule has 0 rings (SSSR count). The summed E-state index contributed by atoms with van der Waals surface area (Å²) >= 11 is 0. The Balaban J connectivity index is 4.02. The van der Waals surface area contributed by atoms with Gasteiger partial charge in [-0.25, -0.2) is 13.1 Å². The number of nitrogens with zero attached hydrogens (tertiary/aromatic N) is 1. The molecule has 0 aliphatic carbocycles. The van der Waals surface area contributed by atoms with Crippen LogP contribution in [0.1, 0.15) is 26.2 Å². The molecular weight excluding hydrogens is 202 g/mol. The van der Waals surface area contributed by atoms with E-state index in [0.29, 0.717) is 25.9 Å². The summed E-state index contributed by atoms with van der Waals surface area (Å²) in [4.78, 5) is 0. The van der Waals surface area contributed by atoms with Gasteiger partial charge in [-0.05, 0) is 25.8 Å². The van der Waals surface area contributed by atoms with E-state index in [1.54, 1.807) is 13.0 Å². The van der Waals surface area contributed by atoms with Crippen molar-refractivity contribution in [2.75, 3.05) is 13.1 Å². The minimum atomic E-state index is -3.45. The standard InChI is InChI=1S/C8H17N3O2S/c1-2-8(7-10)14(12,13)11-6-4-3-5-9/h8,11H,2-6,9H2,1H3. The monoisotopic (exact) mass is 219 g/mol. The van der Waals surface area contributed by atoms with E-state index in [0.717, 1.165) is 6.42 Å². The Kier molecular flexibility index (Phi) is 6.45. The van der Waals surface area contributed by atoms with Crippen LogP contribution in [0.15, 0.2) is 0 Å². The van der Waals surface area contributed by atoms with Gasteiger partial charge in [0.25, 0.3) is 0 Å². The fourth-order valence-electron chi connectivity index (χ4n) is 0.964. The van der Waals surface area contributed by atoms with Crippen LogP contribution in [-0.4, -0.2) is 26.8 Å². The lowest BCUT2D eigenvalue weighted by molar-refractivity contribution is 0.568. The molecule has 5 nitrogen and oxygen atoms in total. The van der Waals surface area contributed by atoms with Gasteiger partial charge in [-0.3, -0.25) is 0 Å². The zero-order valence-electron chi connectivity index (χ0n) is 8.36. The van der Waals surface area contributed by atoms with Crippen LogP contribution in [-0.2, 0) is 10.0 Å². The Labute approximate surface area is 85.3 Å². The summed E-state index contributed by atoms with van der Waals surface area (Å²) in [6.45, 7) is 2.59. The molecule has 1 unspecified atom stereocenters. The molecule has 0 saturated carbocycles. The van der Waals surface area contributed by atoms with Gasteiger partial charge in [0.2, 0.25) is 10.0 Å². The lowest BCUT2D eigenvalue weighted by Crippen LogP contribution is -2.33. The van der Waals surface area contributed by atoms with Gasteiger partial charge in [-0.2, -0.15) is 5.26 Å². The van der Waals surface area contributed by atoms with Gasteiger partial charge >= 0.3 is 0 Å². The summed E-state index contributed by atoms with van der Waals surface area (Å²) in [5.74, 6) is 0. The maximum absolute atomic E-state index is 11.4. The number of unbranched alkanes of at least 4 members (excludes halogenated alkanes) is 1. The first-order valence-electron chi connectivity index (χ1n) is 4.66. The van der Waals surface area contributed by atoms with Gasteiger partial charge in [0, 0.05) is 6.54 Å². The SMILES string of the molecule is CCC(C#N)S(=O)(=O)NCCCCN. The first-order chi connectivity index (χ1) is 6.58. The normalized spacial score (nSPS) is 13.5. The largest absolute Gasteiger partial charge is 0.330 e. The lowest BCUT2D eigenvalue weighted by atomic mass is 10.3. The molecule has 1 atom stereocenters. The van der Waals surface area contributed by atoms with E-state index in [1.165, 1.54) is 0 Å². The molecule has 0 aromatic heterocycles. The first-order valence-corrected chi connectivity index (χ1v) is 6.21. The summed E-state index contributed by atoms with van der Waals surface area (Å²) in [7, 11) is -3.45. The Bertz CT molecular complexity index is 281. The molecule has 6 heteroatoms. The van der Waals surface area contributed by atoms with Crippen molar-refractivity contribution >= 4 is 10.0 Å². The molecule has 3 N–H and O–H groups in total. The fourth-order valence-corrected chi connectivity index (χ4v) is 2.17. The smallest absolute Gasteiger partial charge is 0.227 e. The summed E-state index contributed by atoms with van der Waals surface area (Å²) in [5.41, 5.74) is 5.26. The van der Waals surface area contributed by atoms with Crippen molar-refractivity contribution < 1.29 is 8.42 Å². The number of hydrogen-bond acceptors (Lipinski definition) is 4. The number of nitrogens with two attached hydrogens (primary N) is 1. The van der Waals surface area contributed by atoms with E-state index in [2.05, 4.69) is 4.72 Å². The van der Waals surface area contributed by atoms with E-state index >= 15 is 0 Å². The average Bonchev–Trinajstić information content (AvgIpc) is 2.14. The van der Waals surface area contributed by atoms with Gasteiger partial charge in [-0.1, -0.05) is 6.92 Å². The van der Waals surface area contributed by atoms with Crippen molar-refractivity contribution in [3.63, 3.8) is 0 Å². The van der Waals surface area contributed by atoms with Crippen LogP contribution < -0.4 is 10.5 Å². The van der Waals surface area contributed by atoms with E-state index in [4.69, 9.17) is 11.0 Å². The Hall–Kier alpha value is -0.640. The highest BCUT2D eigenvalue weighted by atomic mass is 32.2. The third kappa shape index (κ3) is 4.56. The summed E-state index contributed by atoms with van der Waals surface area (Å²) < 4.78 is 25.2. The minimum absolute atomic E-state index is 0.308. The second kappa shape index (κ2) is 6.76. The number of rotatable bonds is 7. The van der Waals surface area contributed by atoms with Crippen molar-refractivity contribution in [2.45, 2.75) is 31.4 Å². The van der Waals surface area contributed by atoms with Crippen LogP contribution in [0.2, 0.25) is 0 Å². The van der Waals surface area contributed by atoms with Gasteiger partial charge < -0.3 is 5.73 Å². The predicted molar refractivity (Wildman–Crippen MR) is 54.9 cm³/mol. The molecule has 0 aliphatic heterocycles. The molecule has 0 aliphatic rings. The predicted octanol–water partition coefficient (Wildman–Crippen LogP) is -0.0531. The zero-order chi connectivity index (χ0) is 11.0. The second-order valence-electron chi connectivity index (χ2n) is 2.96. The average molecular weight is 219 g/mol. The first kappa shape index (κ1) is 13.4. The highest BCUT2D eigenvalue weighted by Crippen LogP contribution is 2.02. The maximum atomic E-state index is 11.4. The Morgan fingerprint density at radius 2 is 2.14 bits per heavy atom. The minimum Gasteiger partial charge on any atom is -0.330 e. The highest BCUT2D eigenvalue weighted by Gasteiger charge is 2.21. The molecule has 0 radical (unpaired) electrons. The third-order valence-corrected chi connectivity index (χ3v) is 3.62. The second-order valence-corrected chi connectivity index (χ2v) is 4.91. The quantitative estimate of drug-likeness (QED) is 0.587. The summed E-state index contributed by atoms with van der Waals surface area (Å²) in [5, 5.41) is 7.63. The van der Waals surface area contributed by atoms with Crippen LogP contribution in [0, 0.1) is 11.3 Å². The van der Waals surface area contributed by atoms with Crippen molar-refractivity contribution in [1.29, 1.82) is 5.26 Å². The van der Waals surface area contributed by atoms with Gasteiger partial charge in [0.15, 0.2) is 5.25 Å². The summed E-state index contributed by atoms with van der Waals surface area (Å²) in [6, 6.07) is 1.76. The molecule has 0 spiro atoms. The molecule has 0 saturated heterocycles. The van der Waals surface area contributed by atoms with Crippen LogP contribution in [0.3, 0.4) is 0 Å². The molecular formula is C8H17N3O2S. The molecule has 0 aromatic carbocycles. The van der Waals surface area contributed by atoms with Gasteiger partial charge in [0.1, 0.15) is 0 Å². The van der Waals surface area contributed by atoms with Crippen LogP contribution in [0.25, 0.3) is 0 Å². The van der Waals surface area contributed by atoms with Gasteiger partial charge in [-0.15, -0.1) is 0 Å². The number of nitriles is 1. The van der Waals surface area contributed by atoms with Crippen molar-refractivity contribution in [2.24, 2.45) is 5.73 Å². The third-order valence-electron chi connectivity index (χ3n) is 1.82. The molecule has 0 amide bonds. The number of sulfonamides is 1. The van der Waals surface area contributed by atoms with E-state index in [-0.39, 0.29) is 0 Å². The molecule has 14 heavy (non-hydrogen) atoms. The molecule has 0 fully saturated rings. The topological polar surface area (TPSA) is 96.0 Å². The van der Waals surface area contributed by atoms with Crippen LogP contribution in [0.5, 0.6) is 0 Å². The zero-order valence-corrected chi connectivity index (χ0v) is 9.18. The molecule has 0 heterocycles. The van der Waals surface area contributed by atoms with Crippen molar-refractivity contribution in [3.8, 4) is 6.07 Å². The fraction of sp³-hybridized carbons (Fsp3) is 0.875. The number of nitrogens with one attached hydrogen (secondary N) is 1. The molecule has 0 aromatic rings. The van der Waals surface area contributed by atoms with Crippen molar-refractivity contribution in [3.05, 3.63) is 0 Å². The Morgan fingerprint density at radius 1 is 1.50 bits per heavy atom. The van der Waals surface area contributed by atoms with Crippen LogP contribution >= 0.6 is 0 Å². The summed E-state index contributed by atoms with van der Waals surface area (Å²) in [6.07, 6.45) is 1.80. The lowest BCUT2D eigenvalue weighted by Gasteiger charge is -2.09. The van der Waals surface area contributed by atoms with Gasteiger partial charge in [0.05, 0.1) is 6.07 Å². The van der Waals surface area contributed by atoms with Crippen LogP contribution in [0.4, 0.5) is 0 Å². The maximum Gasteiger partial charge on any atom is 0.227 e. The number of hydrogen-bond donors (Lipinski definition) is 2. The van der Waals surface area contributed by atoms with E-state index < -0.39 is 15.3 Å². The molecule has 0 bridgehead atoms. The molecule has 82 valence electrons. The van der Waals surface area contributed by atoms with E-state index in [9.17, 15) is 8.42 Å². The van der Waals surface area contributed by atoms with E-state index in [1.807, 2.05) is 0 Å². The van der Waals surface area contributed by atoms with Crippen molar-refractivity contribution in [1.82, 2.24) is 4.72 Å².